The van der Waals surface area contributed by atoms with Crippen LogP contribution in [0.5, 0.6) is 0 Å². The molecule has 0 amide bonds. The predicted molar refractivity (Wildman–Crippen MR) is 132 cm³/mol. The molecule has 1 saturated heterocycles. The number of halogens is 1. The van der Waals surface area contributed by atoms with Crippen molar-refractivity contribution in [3.63, 3.8) is 0 Å². The van der Waals surface area contributed by atoms with Gasteiger partial charge in [0.25, 0.3) is 0 Å². The molecule has 4 aromatic rings. The lowest BCUT2D eigenvalue weighted by atomic mass is 10.1. The Labute approximate surface area is 201 Å². The van der Waals surface area contributed by atoms with Crippen molar-refractivity contribution in [3.8, 4) is 17.5 Å². The van der Waals surface area contributed by atoms with Crippen molar-refractivity contribution in [3.05, 3.63) is 65.9 Å². The average molecular weight is 467 g/mol. The maximum atomic E-state index is 14.0. The van der Waals surface area contributed by atoms with Crippen molar-refractivity contribution in [1.82, 2.24) is 25.3 Å². The van der Waals surface area contributed by atoms with Gasteiger partial charge in [0.1, 0.15) is 23.5 Å². The number of anilines is 3. The molecule has 0 unspecified atom stereocenters. The maximum Gasteiger partial charge on any atom is 0.162 e. The largest absolute Gasteiger partial charge is 0.353 e. The molecular weight excluding hydrogens is 443 g/mol. The van der Waals surface area contributed by atoms with Gasteiger partial charge in [-0.2, -0.15) is 5.26 Å². The number of nitrogens with one attached hydrogen (secondary N) is 2. The first kappa shape index (κ1) is 21.4. The lowest BCUT2D eigenvalue weighted by molar-refractivity contribution is 0.586. The van der Waals surface area contributed by atoms with Crippen LogP contribution in [0.2, 0.25) is 0 Å². The highest BCUT2D eigenvalue weighted by atomic mass is 19.1. The number of piperazine rings is 1. The molecule has 2 N–H and O–H groups in total. The van der Waals surface area contributed by atoms with Crippen LogP contribution in [-0.2, 0) is 0 Å². The van der Waals surface area contributed by atoms with E-state index in [0.29, 0.717) is 23.2 Å². The third-order valence-electron chi connectivity index (χ3n) is 6.43. The number of benzene rings is 1. The van der Waals surface area contributed by atoms with Crippen LogP contribution in [0, 0.1) is 17.1 Å². The number of hydrogen-bond acceptors (Lipinski definition) is 8. The molecule has 8 nitrogen and oxygen atoms in total. The summed E-state index contributed by atoms with van der Waals surface area (Å²) in [5.41, 5.74) is 3.38. The molecule has 1 aliphatic carbocycles. The van der Waals surface area contributed by atoms with Crippen molar-refractivity contribution in [1.29, 1.82) is 5.26 Å². The van der Waals surface area contributed by atoms with Gasteiger partial charge in [0.05, 0.1) is 17.3 Å². The molecule has 6 rings (SSSR count). The first-order valence-corrected chi connectivity index (χ1v) is 11.7. The monoisotopic (exact) mass is 466 g/mol. The summed E-state index contributed by atoms with van der Waals surface area (Å²) >= 11 is 0. The molecule has 174 valence electrons. The molecular formula is C26H23FN8. The fourth-order valence-electron chi connectivity index (χ4n) is 4.50. The number of hydrogen-bond donors (Lipinski definition) is 2. The van der Waals surface area contributed by atoms with E-state index in [1.807, 2.05) is 30.6 Å². The summed E-state index contributed by atoms with van der Waals surface area (Å²) in [5.74, 6) is 2.04. The van der Waals surface area contributed by atoms with Crippen LogP contribution >= 0.6 is 0 Å². The van der Waals surface area contributed by atoms with Gasteiger partial charge in [-0.05, 0) is 54.7 Å². The molecule has 0 spiro atoms. The Hall–Kier alpha value is -4.16. The number of fused-ring (bicyclic) bond motifs is 1. The summed E-state index contributed by atoms with van der Waals surface area (Å²) in [5, 5.41) is 16.6. The molecule has 0 atom stereocenters. The Kier molecular flexibility index (Phi) is 5.43. The van der Waals surface area contributed by atoms with Crippen LogP contribution in [0.15, 0.2) is 48.9 Å². The van der Waals surface area contributed by atoms with E-state index in [1.54, 1.807) is 12.3 Å². The Morgan fingerprint density at radius 2 is 1.94 bits per heavy atom. The average Bonchev–Trinajstić information content (AvgIpc) is 3.74. The first-order valence-electron chi connectivity index (χ1n) is 11.7. The van der Waals surface area contributed by atoms with Crippen molar-refractivity contribution < 1.29 is 4.39 Å². The Balaban J connectivity index is 1.41. The van der Waals surface area contributed by atoms with Crippen molar-refractivity contribution in [2.24, 2.45) is 0 Å². The highest BCUT2D eigenvalue weighted by Gasteiger charge is 2.29. The van der Waals surface area contributed by atoms with Gasteiger partial charge >= 0.3 is 0 Å². The van der Waals surface area contributed by atoms with Crippen LogP contribution in [0.1, 0.15) is 29.9 Å². The van der Waals surface area contributed by atoms with Crippen molar-refractivity contribution in [2.45, 2.75) is 18.8 Å². The van der Waals surface area contributed by atoms with Gasteiger partial charge in [-0.1, -0.05) is 0 Å². The second-order valence-electron chi connectivity index (χ2n) is 8.87. The van der Waals surface area contributed by atoms with Crippen LogP contribution in [0.3, 0.4) is 0 Å². The number of aromatic nitrogens is 4. The van der Waals surface area contributed by atoms with Gasteiger partial charge in [-0.25, -0.2) is 19.3 Å². The first-order chi connectivity index (χ1) is 17.2. The van der Waals surface area contributed by atoms with E-state index < -0.39 is 5.82 Å². The predicted octanol–water partition coefficient (Wildman–Crippen LogP) is 4.13. The molecule has 4 heterocycles. The lowest BCUT2D eigenvalue weighted by Gasteiger charge is -2.30. The molecule has 1 aromatic carbocycles. The van der Waals surface area contributed by atoms with E-state index in [1.165, 1.54) is 30.5 Å². The van der Waals surface area contributed by atoms with E-state index in [-0.39, 0.29) is 5.56 Å². The molecule has 1 aliphatic heterocycles. The number of pyridine rings is 2. The van der Waals surface area contributed by atoms with Crippen LogP contribution in [0.4, 0.5) is 21.7 Å². The number of rotatable bonds is 5. The van der Waals surface area contributed by atoms with Gasteiger partial charge in [0.2, 0.25) is 0 Å². The molecule has 35 heavy (non-hydrogen) atoms. The molecule has 1 saturated carbocycles. The van der Waals surface area contributed by atoms with Gasteiger partial charge in [0.15, 0.2) is 5.82 Å². The van der Waals surface area contributed by atoms with Crippen molar-refractivity contribution in [2.75, 3.05) is 36.4 Å². The van der Waals surface area contributed by atoms with E-state index in [0.717, 1.165) is 48.5 Å². The zero-order chi connectivity index (χ0) is 23.8. The van der Waals surface area contributed by atoms with E-state index in [4.69, 9.17) is 15.2 Å². The summed E-state index contributed by atoms with van der Waals surface area (Å²) in [7, 11) is 0. The summed E-state index contributed by atoms with van der Waals surface area (Å²) in [6.45, 7) is 3.58. The Bertz CT molecular complexity index is 1450. The highest BCUT2D eigenvalue weighted by molar-refractivity contribution is 5.94. The Morgan fingerprint density at radius 1 is 1.09 bits per heavy atom. The van der Waals surface area contributed by atoms with E-state index >= 15 is 0 Å². The number of nitrogens with zero attached hydrogens (tertiary/aromatic N) is 6. The second kappa shape index (κ2) is 8.89. The summed E-state index contributed by atoms with van der Waals surface area (Å²) in [6.07, 6.45) is 7.82. The molecule has 2 fully saturated rings. The highest BCUT2D eigenvalue weighted by Crippen LogP contribution is 2.44. The van der Waals surface area contributed by atoms with Gasteiger partial charge < -0.3 is 15.5 Å². The van der Waals surface area contributed by atoms with Crippen LogP contribution < -0.4 is 15.5 Å². The normalized spacial score (nSPS) is 15.7. The van der Waals surface area contributed by atoms with Gasteiger partial charge in [-0.3, -0.25) is 4.98 Å². The number of nitriles is 1. The standard InChI is InChI=1S/C26H23FN8/c27-21-12-19(4-3-18(21)13-28)32-23-11-17(5-6-31-23)25-33-22-15-30-14-20(16-1-2-16)24(22)26(34-25)35-9-7-29-8-10-35/h3-6,11-12,14-16,29H,1-2,7-10H2,(H,31,32). The maximum absolute atomic E-state index is 14.0. The molecule has 3 aromatic heterocycles. The minimum atomic E-state index is -0.578. The fourth-order valence-corrected chi connectivity index (χ4v) is 4.50. The lowest BCUT2D eigenvalue weighted by Crippen LogP contribution is -2.44. The molecule has 9 heteroatoms. The zero-order valence-electron chi connectivity index (χ0n) is 19.0. The summed E-state index contributed by atoms with van der Waals surface area (Å²) in [4.78, 5) is 21.1. The second-order valence-corrected chi connectivity index (χ2v) is 8.87. The quantitative estimate of drug-likeness (QED) is 0.453. The molecule has 0 radical (unpaired) electrons. The van der Waals surface area contributed by atoms with Crippen LogP contribution in [-0.4, -0.2) is 46.1 Å². The SMILES string of the molecule is N#Cc1ccc(Nc2cc(-c3nc(N4CCNCC4)c4c(C5CC5)cncc4n3)ccn2)cc1F. The van der Waals surface area contributed by atoms with Gasteiger partial charge in [0, 0.05) is 55.2 Å². The smallest absolute Gasteiger partial charge is 0.162 e. The molecule has 2 aliphatic rings. The third kappa shape index (κ3) is 4.24. The zero-order valence-corrected chi connectivity index (χ0v) is 19.0. The van der Waals surface area contributed by atoms with E-state index in [2.05, 4.69) is 25.5 Å². The summed E-state index contributed by atoms with van der Waals surface area (Å²) in [6, 6.07) is 9.92. The minimum Gasteiger partial charge on any atom is -0.353 e. The molecule has 0 bridgehead atoms. The van der Waals surface area contributed by atoms with Gasteiger partial charge in [-0.15, -0.1) is 0 Å². The fraction of sp³-hybridized carbons (Fsp3) is 0.269. The van der Waals surface area contributed by atoms with Crippen molar-refractivity contribution >= 4 is 28.2 Å². The Morgan fingerprint density at radius 3 is 2.71 bits per heavy atom. The minimum absolute atomic E-state index is 0.00134. The topological polar surface area (TPSA) is 103 Å². The summed E-state index contributed by atoms with van der Waals surface area (Å²) < 4.78 is 14.0. The van der Waals surface area contributed by atoms with E-state index in [9.17, 15) is 4.39 Å². The van der Waals surface area contributed by atoms with Crippen LogP contribution in [0.25, 0.3) is 22.3 Å². The third-order valence-corrected chi connectivity index (χ3v) is 6.43.